The Kier molecular flexibility index (Phi) is 6.84. The fraction of sp³-hybridized carbons (Fsp3) is 0.263. The summed E-state index contributed by atoms with van der Waals surface area (Å²) in [6.45, 7) is 1.88. The lowest BCUT2D eigenvalue weighted by Gasteiger charge is -2.18. The second kappa shape index (κ2) is 9.09. The van der Waals surface area contributed by atoms with E-state index >= 15 is 0 Å². The van der Waals surface area contributed by atoms with E-state index in [1.54, 1.807) is 18.2 Å². The zero-order chi connectivity index (χ0) is 18.2. The van der Waals surface area contributed by atoms with Crippen LogP contribution in [0.5, 0.6) is 11.5 Å². The molecule has 0 aliphatic rings. The number of hydrogen-bond acceptors (Lipinski definition) is 4. The molecule has 0 fully saturated rings. The van der Waals surface area contributed by atoms with E-state index in [4.69, 9.17) is 14.7 Å². The molecule has 1 amide bonds. The first-order valence-corrected chi connectivity index (χ1v) is 8.62. The van der Waals surface area contributed by atoms with E-state index in [2.05, 4.69) is 21.2 Å². The van der Waals surface area contributed by atoms with Crippen LogP contribution in [0.3, 0.4) is 0 Å². The molecule has 2 aromatic rings. The van der Waals surface area contributed by atoms with Crippen LogP contribution in [-0.2, 0) is 4.79 Å². The molecule has 0 radical (unpaired) electrons. The fourth-order valence-corrected chi connectivity index (χ4v) is 2.62. The highest BCUT2D eigenvalue weighted by Gasteiger charge is 2.14. The number of nitrogens with one attached hydrogen (secondary N) is 1. The summed E-state index contributed by atoms with van der Waals surface area (Å²) in [5.74, 6) is 0.626. The molecule has 0 heterocycles. The minimum Gasteiger partial charge on any atom is -0.493 e. The van der Waals surface area contributed by atoms with Crippen LogP contribution in [0.2, 0.25) is 0 Å². The molecule has 25 heavy (non-hydrogen) atoms. The molecule has 130 valence electrons. The number of rotatable bonds is 7. The molecular formula is C19H19BrN2O3. The summed E-state index contributed by atoms with van der Waals surface area (Å²) in [6, 6.07) is 14.6. The number of amides is 1. The number of methoxy groups -OCH3 is 1. The maximum Gasteiger partial charge on any atom is 0.258 e. The first kappa shape index (κ1) is 18.8. The van der Waals surface area contributed by atoms with Crippen molar-refractivity contribution >= 4 is 21.8 Å². The van der Waals surface area contributed by atoms with E-state index in [1.807, 2.05) is 37.3 Å². The van der Waals surface area contributed by atoms with Gasteiger partial charge in [-0.25, -0.2) is 0 Å². The SMILES string of the molecule is CC[C@@H](NC(=O)COc1ccc(C#N)cc1OC)c1ccc(Br)cc1. The standard InChI is InChI=1S/C19H19BrN2O3/c1-3-16(14-5-7-15(20)8-6-14)22-19(23)12-25-17-9-4-13(11-21)10-18(17)24-2/h4-10,16H,3,12H2,1-2H3,(H,22,23)/t16-/m1/s1. The topological polar surface area (TPSA) is 71.3 Å². The third-order valence-corrected chi connectivity index (χ3v) is 4.20. The molecule has 1 atom stereocenters. The van der Waals surface area contributed by atoms with Crippen LogP contribution >= 0.6 is 15.9 Å². The highest BCUT2D eigenvalue weighted by atomic mass is 79.9. The van der Waals surface area contributed by atoms with Crippen LogP contribution in [0, 0.1) is 11.3 Å². The van der Waals surface area contributed by atoms with E-state index in [0.29, 0.717) is 17.1 Å². The van der Waals surface area contributed by atoms with Crippen molar-refractivity contribution < 1.29 is 14.3 Å². The average molecular weight is 403 g/mol. The number of halogens is 1. The van der Waals surface area contributed by atoms with E-state index in [-0.39, 0.29) is 18.6 Å². The Morgan fingerprint density at radius 3 is 2.56 bits per heavy atom. The Bertz CT molecular complexity index is 769. The summed E-state index contributed by atoms with van der Waals surface area (Å²) in [5, 5.41) is 11.9. The van der Waals surface area contributed by atoms with E-state index in [1.165, 1.54) is 7.11 Å². The van der Waals surface area contributed by atoms with Crippen molar-refractivity contribution in [3.8, 4) is 17.6 Å². The number of benzene rings is 2. The molecule has 5 nitrogen and oxygen atoms in total. The third kappa shape index (κ3) is 5.23. The van der Waals surface area contributed by atoms with E-state index in [9.17, 15) is 4.79 Å². The lowest BCUT2D eigenvalue weighted by molar-refractivity contribution is -0.123. The third-order valence-electron chi connectivity index (χ3n) is 3.67. The zero-order valence-electron chi connectivity index (χ0n) is 14.1. The predicted octanol–water partition coefficient (Wildman–Crippen LogP) is 3.98. The number of nitriles is 1. The van der Waals surface area contributed by atoms with Gasteiger partial charge in [0.1, 0.15) is 0 Å². The largest absolute Gasteiger partial charge is 0.493 e. The first-order valence-electron chi connectivity index (χ1n) is 7.83. The zero-order valence-corrected chi connectivity index (χ0v) is 15.7. The molecule has 0 saturated carbocycles. The van der Waals surface area contributed by atoms with Crippen molar-refractivity contribution in [2.45, 2.75) is 19.4 Å². The molecule has 0 saturated heterocycles. The maximum atomic E-state index is 12.2. The number of hydrogen-bond donors (Lipinski definition) is 1. The van der Waals surface area contributed by atoms with Crippen LogP contribution < -0.4 is 14.8 Å². The van der Waals surface area contributed by atoms with Gasteiger partial charge in [-0.05, 0) is 36.2 Å². The van der Waals surface area contributed by atoms with E-state index < -0.39 is 0 Å². The Balaban J connectivity index is 1.98. The summed E-state index contributed by atoms with van der Waals surface area (Å²) >= 11 is 3.40. The first-order chi connectivity index (χ1) is 12.1. The van der Waals surface area contributed by atoms with Gasteiger partial charge < -0.3 is 14.8 Å². The number of ether oxygens (including phenoxy) is 2. The van der Waals surface area contributed by atoms with Gasteiger partial charge in [-0.15, -0.1) is 0 Å². The van der Waals surface area contributed by atoms with Crippen LogP contribution in [0.1, 0.15) is 30.5 Å². The van der Waals surface area contributed by atoms with Gasteiger partial charge in [-0.1, -0.05) is 35.0 Å². The lowest BCUT2D eigenvalue weighted by Crippen LogP contribution is -2.32. The van der Waals surface area contributed by atoms with Crippen molar-refractivity contribution in [1.29, 1.82) is 5.26 Å². The molecule has 2 aromatic carbocycles. The van der Waals surface area contributed by atoms with E-state index in [0.717, 1.165) is 16.5 Å². The van der Waals surface area contributed by atoms with Crippen LogP contribution in [-0.4, -0.2) is 19.6 Å². The van der Waals surface area contributed by atoms with Crippen molar-refractivity contribution in [3.63, 3.8) is 0 Å². The second-order valence-electron chi connectivity index (χ2n) is 5.35. The van der Waals surface area contributed by atoms with Gasteiger partial charge in [0.05, 0.1) is 24.8 Å². The van der Waals surface area contributed by atoms with Gasteiger partial charge in [-0.2, -0.15) is 5.26 Å². The molecular weight excluding hydrogens is 384 g/mol. The molecule has 0 unspecified atom stereocenters. The Hall–Kier alpha value is -2.52. The van der Waals surface area contributed by atoms with Crippen LogP contribution in [0.25, 0.3) is 0 Å². The van der Waals surface area contributed by atoms with Crippen molar-refractivity contribution in [2.24, 2.45) is 0 Å². The van der Waals surface area contributed by atoms with Gasteiger partial charge in [0.2, 0.25) is 0 Å². The molecule has 6 heteroatoms. The van der Waals surface area contributed by atoms with Crippen molar-refractivity contribution in [1.82, 2.24) is 5.32 Å². The minimum absolute atomic E-state index is 0.0768. The molecule has 0 aliphatic heterocycles. The normalized spacial score (nSPS) is 11.3. The summed E-state index contributed by atoms with van der Waals surface area (Å²) in [5.41, 5.74) is 1.50. The summed E-state index contributed by atoms with van der Waals surface area (Å²) in [7, 11) is 1.49. The minimum atomic E-state index is -0.221. The molecule has 0 aliphatic carbocycles. The van der Waals surface area contributed by atoms with Crippen LogP contribution in [0.15, 0.2) is 46.9 Å². The van der Waals surface area contributed by atoms with Crippen LogP contribution in [0.4, 0.5) is 0 Å². The van der Waals surface area contributed by atoms with Gasteiger partial charge in [0.25, 0.3) is 5.91 Å². The Labute approximate surface area is 155 Å². The second-order valence-corrected chi connectivity index (χ2v) is 6.26. The van der Waals surface area contributed by atoms with Gasteiger partial charge in [0, 0.05) is 10.5 Å². The highest BCUT2D eigenvalue weighted by molar-refractivity contribution is 9.10. The number of carbonyl (C=O) groups is 1. The van der Waals surface area contributed by atoms with Crippen molar-refractivity contribution in [3.05, 3.63) is 58.1 Å². The predicted molar refractivity (Wildman–Crippen MR) is 98.5 cm³/mol. The highest BCUT2D eigenvalue weighted by Crippen LogP contribution is 2.27. The molecule has 0 bridgehead atoms. The molecule has 2 rings (SSSR count). The lowest BCUT2D eigenvalue weighted by atomic mass is 10.0. The molecule has 0 spiro atoms. The Morgan fingerprint density at radius 1 is 1.24 bits per heavy atom. The van der Waals surface area contributed by atoms with Crippen molar-refractivity contribution in [2.75, 3.05) is 13.7 Å². The summed E-state index contributed by atoms with van der Waals surface area (Å²) < 4.78 is 11.7. The monoisotopic (exact) mass is 402 g/mol. The maximum absolute atomic E-state index is 12.2. The quantitative estimate of drug-likeness (QED) is 0.759. The number of carbonyl (C=O) groups excluding carboxylic acids is 1. The summed E-state index contributed by atoms with van der Waals surface area (Å²) in [6.07, 6.45) is 0.771. The smallest absolute Gasteiger partial charge is 0.258 e. The Morgan fingerprint density at radius 2 is 1.96 bits per heavy atom. The average Bonchev–Trinajstić information content (AvgIpc) is 2.65. The van der Waals surface area contributed by atoms with Gasteiger partial charge >= 0.3 is 0 Å². The van der Waals surface area contributed by atoms with Gasteiger partial charge in [-0.3, -0.25) is 4.79 Å². The molecule has 0 aromatic heterocycles. The van der Waals surface area contributed by atoms with Gasteiger partial charge in [0.15, 0.2) is 18.1 Å². The number of nitrogens with zero attached hydrogens (tertiary/aromatic N) is 1. The fourth-order valence-electron chi connectivity index (χ4n) is 2.35. The molecule has 1 N–H and O–H groups in total. The summed E-state index contributed by atoms with van der Waals surface area (Å²) in [4.78, 5) is 12.2.